The van der Waals surface area contributed by atoms with Crippen molar-refractivity contribution in [2.75, 3.05) is 39.3 Å². The van der Waals surface area contributed by atoms with Crippen LogP contribution in [0.5, 0.6) is 0 Å². The van der Waals surface area contributed by atoms with E-state index in [2.05, 4.69) is 5.10 Å². The van der Waals surface area contributed by atoms with Crippen LogP contribution < -0.4 is 5.56 Å². The third kappa shape index (κ3) is 5.28. The molecule has 3 heterocycles. The number of hydrogen-bond acceptors (Lipinski definition) is 6. The van der Waals surface area contributed by atoms with Crippen molar-refractivity contribution in [1.82, 2.24) is 24.0 Å². The molecule has 3 aromatic rings. The van der Waals surface area contributed by atoms with Crippen molar-refractivity contribution >= 4 is 17.4 Å². The Balaban J connectivity index is 1.36. The molecule has 0 atom stereocenters. The fourth-order valence-electron chi connectivity index (χ4n) is 3.88. The minimum absolute atomic E-state index is 0.0296. The molecule has 33 heavy (non-hydrogen) atoms. The second kappa shape index (κ2) is 9.95. The van der Waals surface area contributed by atoms with E-state index >= 15 is 0 Å². The summed E-state index contributed by atoms with van der Waals surface area (Å²) >= 11 is 0. The summed E-state index contributed by atoms with van der Waals surface area (Å²) in [6.07, 6.45) is 3.48. The van der Waals surface area contributed by atoms with Crippen molar-refractivity contribution in [3.63, 3.8) is 0 Å². The minimum Gasteiger partial charge on any atom is -0.465 e. The molecule has 9 nitrogen and oxygen atoms in total. The topological polar surface area (TPSA) is 89.2 Å². The van der Waals surface area contributed by atoms with Crippen LogP contribution in [0.1, 0.15) is 13.3 Å². The highest BCUT2D eigenvalue weighted by molar-refractivity contribution is 5.76. The van der Waals surface area contributed by atoms with Crippen molar-refractivity contribution in [2.45, 2.75) is 19.9 Å². The average molecular weight is 455 g/mol. The van der Waals surface area contributed by atoms with Crippen LogP contribution in [0.4, 0.5) is 4.39 Å². The number of esters is 1. The SMILES string of the molecule is CCOC(=O)CN1CCN(C(=O)CCn2ccn3nc(-c4ccc(F)cc4)cc3c2=O)CC1. The number of hydrogen-bond donors (Lipinski definition) is 0. The fourth-order valence-corrected chi connectivity index (χ4v) is 3.88. The zero-order valence-corrected chi connectivity index (χ0v) is 18.4. The van der Waals surface area contributed by atoms with E-state index in [0.29, 0.717) is 49.6 Å². The first-order chi connectivity index (χ1) is 15.9. The molecule has 1 aromatic carbocycles. The minimum atomic E-state index is -0.338. The lowest BCUT2D eigenvalue weighted by atomic mass is 10.1. The number of aromatic nitrogens is 3. The molecule has 0 radical (unpaired) electrons. The smallest absolute Gasteiger partial charge is 0.320 e. The number of amides is 1. The molecular formula is C23H26FN5O4. The van der Waals surface area contributed by atoms with Gasteiger partial charge in [0.05, 0.1) is 18.8 Å². The van der Waals surface area contributed by atoms with Crippen LogP contribution in [0.2, 0.25) is 0 Å². The Kier molecular flexibility index (Phi) is 6.83. The van der Waals surface area contributed by atoms with E-state index in [-0.39, 0.29) is 42.8 Å². The monoisotopic (exact) mass is 455 g/mol. The quantitative estimate of drug-likeness (QED) is 0.501. The van der Waals surface area contributed by atoms with Crippen LogP contribution >= 0.6 is 0 Å². The lowest BCUT2D eigenvalue weighted by molar-refractivity contribution is -0.145. The Morgan fingerprint density at radius 3 is 2.52 bits per heavy atom. The fraction of sp³-hybridized carbons (Fsp3) is 0.391. The third-order valence-electron chi connectivity index (χ3n) is 5.69. The van der Waals surface area contributed by atoms with Crippen LogP contribution in [0.3, 0.4) is 0 Å². The molecule has 0 bridgehead atoms. The zero-order valence-electron chi connectivity index (χ0n) is 18.4. The van der Waals surface area contributed by atoms with E-state index in [1.54, 1.807) is 42.4 Å². The van der Waals surface area contributed by atoms with Gasteiger partial charge in [-0.25, -0.2) is 8.91 Å². The van der Waals surface area contributed by atoms with E-state index in [1.165, 1.54) is 21.2 Å². The molecule has 1 amide bonds. The van der Waals surface area contributed by atoms with E-state index in [0.717, 1.165) is 0 Å². The molecule has 174 valence electrons. The predicted molar refractivity (Wildman–Crippen MR) is 119 cm³/mol. The zero-order chi connectivity index (χ0) is 23.4. The number of aryl methyl sites for hydroxylation is 1. The van der Waals surface area contributed by atoms with Crippen LogP contribution in [-0.2, 0) is 20.9 Å². The molecule has 0 aliphatic carbocycles. The standard InChI is InChI=1S/C23H26FN5O4/c1-2-33-22(31)16-26-9-11-27(12-10-26)21(30)7-8-28-13-14-29-20(23(28)32)15-19(25-29)17-3-5-18(24)6-4-17/h3-6,13-15H,2,7-12,16H2,1H3. The van der Waals surface area contributed by atoms with Crippen molar-refractivity contribution < 1.29 is 18.7 Å². The van der Waals surface area contributed by atoms with Gasteiger partial charge in [0.1, 0.15) is 11.3 Å². The van der Waals surface area contributed by atoms with Gasteiger partial charge in [0.15, 0.2) is 0 Å². The van der Waals surface area contributed by atoms with Gasteiger partial charge in [0, 0.05) is 57.1 Å². The van der Waals surface area contributed by atoms with E-state index in [9.17, 15) is 18.8 Å². The van der Waals surface area contributed by atoms with Crippen molar-refractivity contribution in [3.05, 3.63) is 58.9 Å². The highest BCUT2D eigenvalue weighted by Gasteiger charge is 2.22. The van der Waals surface area contributed by atoms with E-state index in [4.69, 9.17) is 4.74 Å². The van der Waals surface area contributed by atoms with Gasteiger partial charge in [-0.05, 0) is 37.3 Å². The number of halogens is 1. The van der Waals surface area contributed by atoms with Crippen molar-refractivity contribution in [1.29, 1.82) is 0 Å². The summed E-state index contributed by atoms with van der Waals surface area (Å²) in [6, 6.07) is 7.58. The maximum Gasteiger partial charge on any atom is 0.320 e. The molecule has 1 aliphatic heterocycles. The number of benzene rings is 1. The van der Waals surface area contributed by atoms with Gasteiger partial charge in [0.2, 0.25) is 5.91 Å². The first-order valence-electron chi connectivity index (χ1n) is 10.9. The molecule has 4 rings (SSSR count). The molecule has 1 saturated heterocycles. The van der Waals surface area contributed by atoms with Gasteiger partial charge in [-0.3, -0.25) is 19.3 Å². The number of carbonyl (C=O) groups is 2. The van der Waals surface area contributed by atoms with Gasteiger partial charge in [-0.15, -0.1) is 0 Å². The highest BCUT2D eigenvalue weighted by atomic mass is 19.1. The number of nitrogens with zero attached hydrogens (tertiary/aromatic N) is 5. The summed E-state index contributed by atoms with van der Waals surface area (Å²) in [5.74, 6) is -0.623. The van der Waals surface area contributed by atoms with E-state index < -0.39 is 0 Å². The normalized spacial score (nSPS) is 14.5. The first kappa shape index (κ1) is 22.7. The predicted octanol–water partition coefficient (Wildman–Crippen LogP) is 1.40. The summed E-state index contributed by atoms with van der Waals surface area (Å²) in [5, 5.41) is 4.39. The first-order valence-corrected chi connectivity index (χ1v) is 10.9. The Hall–Kier alpha value is -3.53. The lowest BCUT2D eigenvalue weighted by Gasteiger charge is -2.34. The highest BCUT2D eigenvalue weighted by Crippen LogP contribution is 2.18. The molecule has 0 N–H and O–H groups in total. The Morgan fingerprint density at radius 1 is 1.09 bits per heavy atom. The Bertz CT molecular complexity index is 1200. The molecule has 10 heteroatoms. The molecule has 0 saturated carbocycles. The number of fused-ring (bicyclic) bond motifs is 1. The summed E-state index contributed by atoms with van der Waals surface area (Å²) < 4.78 is 21.1. The molecule has 2 aromatic heterocycles. The Labute approximate surface area is 190 Å². The van der Waals surface area contributed by atoms with Gasteiger partial charge >= 0.3 is 5.97 Å². The summed E-state index contributed by atoms with van der Waals surface area (Å²) in [5.41, 5.74) is 1.42. The number of rotatable bonds is 7. The molecule has 0 unspecified atom stereocenters. The second-order valence-corrected chi connectivity index (χ2v) is 7.87. The lowest BCUT2D eigenvalue weighted by Crippen LogP contribution is -2.50. The van der Waals surface area contributed by atoms with E-state index in [1.807, 2.05) is 4.90 Å². The number of piperazine rings is 1. The van der Waals surface area contributed by atoms with Gasteiger partial charge in [-0.1, -0.05) is 0 Å². The summed E-state index contributed by atoms with van der Waals surface area (Å²) in [6.45, 7) is 4.91. The van der Waals surface area contributed by atoms with Crippen molar-refractivity contribution in [2.24, 2.45) is 0 Å². The molecule has 1 aliphatic rings. The molecule has 1 fully saturated rings. The van der Waals surface area contributed by atoms with Crippen LogP contribution in [0.15, 0.2) is 47.5 Å². The summed E-state index contributed by atoms with van der Waals surface area (Å²) in [7, 11) is 0. The third-order valence-corrected chi connectivity index (χ3v) is 5.69. The second-order valence-electron chi connectivity index (χ2n) is 7.87. The molecular weight excluding hydrogens is 429 g/mol. The number of ether oxygens (including phenoxy) is 1. The maximum atomic E-state index is 13.2. The maximum absolute atomic E-state index is 13.2. The van der Waals surface area contributed by atoms with Crippen LogP contribution in [0.25, 0.3) is 16.8 Å². The van der Waals surface area contributed by atoms with Crippen LogP contribution in [0, 0.1) is 5.82 Å². The Morgan fingerprint density at radius 2 is 1.82 bits per heavy atom. The largest absolute Gasteiger partial charge is 0.465 e. The summed E-state index contributed by atoms with van der Waals surface area (Å²) in [4.78, 5) is 40.9. The van der Waals surface area contributed by atoms with Gasteiger partial charge in [0.25, 0.3) is 5.56 Å². The molecule has 0 spiro atoms. The van der Waals surface area contributed by atoms with Gasteiger partial charge in [-0.2, -0.15) is 5.10 Å². The number of carbonyl (C=O) groups excluding carboxylic acids is 2. The average Bonchev–Trinajstić information content (AvgIpc) is 3.25. The van der Waals surface area contributed by atoms with Crippen LogP contribution in [-0.4, -0.2) is 75.2 Å². The van der Waals surface area contributed by atoms with Crippen molar-refractivity contribution in [3.8, 4) is 11.3 Å². The van der Waals surface area contributed by atoms with Gasteiger partial charge < -0.3 is 14.2 Å².